The number of carbonyl (C=O) groups is 1. The van der Waals surface area contributed by atoms with Crippen molar-refractivity contribution < 1.29 is 4.79 Å². The Morgan fingerprint density at radius 3 is 3.25 bits per heavy atom. The number of aromatic nitrogens is 1. The highest BCUT2D eigenvalue weighted by molar-refractivity contribution is 6.02. The van der Waals surface area contributed by atoms with E-state index < -0.39 is 0 Å². The van der Waals surface area contributed by atoms with Gasteiger partial charge in [-0.1, -0.05) is 6.92 Å². The Hall–Kier alpha value is -1.38. The molecule has 3 nitrogen and oxygen atoms in total. The van der Waals surface area contributed by atoms with Gasteiger partial charge in [-0.2, -0.15) is 0 Å². The van der Waals surface area contributed by atoms with E-state index in [2.05, 4.69) is 10.3 Å². The van der Waals surface area contributed by atoms with Crippen molar-refractivity contribution >= 4 is 11.6 Å². The van der Waals surface area contributed by atoms with Crippen LogP contribution in [0.4, 0.5) is 5.69 Å². The van der Waals surface area contributed by atoms with Gasteiger partial charge in [0.15, 0.2) is 0 Å². The minimum atomic E-state index is 0.00806. The molecule has 0 aliphatic carbocycles. The van der Waals surface area contributed by atoms with Crippen molar-refractivity contribution in [2.24, 2.45) is 0 Å². The second-order valence-electron chi connectivity index (χ2n) is 2.91. The van der Waals surface area contributed by atoms with Gasteiger partial charge in [0.05, 0.1) is 5.92 Å². The summed E-state index contributed by atoms with van der Waals surface area (Å²) in [5.41, 5.74) is 1.95. The predicted molar refractivity (Wildman–Crippen MR) is 45.9 cm³/mol. The molecule has 0 radical (unpaired) electrons. The van der Waals surface area contributed by atoms with Crippen molar-refractivity contribution in [1.82, 2.24) is 4.98 Å². The van der Waals surface area contributed by atoms with E-state index in [0.29, 0.717) is 0 Å². The first-order valence-electron chi connectivity index (χ1n) is 4.07. The second kappa shape index (κ2) is 2.59. The van der Waals surface area contributed by atoms with Gasteiger partial charge in [0, 0.05) is 23.6 Å². The van der Waals surface area contributed by atoms with E-state index in [0.717, 1.165) is 17.7 Å². The zero-order valence-electron chi connectivity index (χ0n) is 6.87. The summed E-state index contributed by atoms with van der Waals surface area (Å²) in [5.74, 6) is 0.106. The Morgan fingerprint density at radius 2 is 2.50 bits per heavy atom. The summed E-state index contributed by atoms with van der Waals surface area (Å²) in [4.78, 5) is 15.3. The number of amides is 1. The standard InChI is InChI=1S/C9H10N2O/c1-2-6-7-5-10-4-3-8(7)11-9(6)12/h3-6H,2H2,1H3,(H,11,12). The second-order valence-corrected chi connectivity index (χ2v) is 2.91. The molecule has 0 saturated carbocycles. The fourth-order valence-electron chi connectivity index (χ4n) is 1.56. The lowest BCUT2D eigenvalue weighted by Gasteiger charge is -2.01. The van der Waals surface area contributed by atoms with Gasteiger partial charge >= 0.3 is 0 Å². The van der Waals surface area contributed by atoms with Gasteiger partial charge in [0.1, 0.15) is 0 Å². The predicted octanol–water partition coefficient (Wildman–Crippen LogP) is 1.53. The molecule has 1 aliphatic heterocycles. The number of pyridine rings is 1. The van der Waals surface area contributed by atoms with Crippen molar-refractivity contribution in [2.75, 3.05) is 5.32 Å². The van der Waals surface area contributed by atoms with Crippen molar-refractivity contribution in [1.29, 1.82) is 0 Å². The van der Waals surface area contributed by atoms with Crippen LogP contribution in [0.3, 0.4) is 0 Å². The maximum absolute atomic E-state index is 11.3. The summed E-state index contributed by atoms with van der Waals surface area (Å²) in [6.45, 7) is 2.01. The number of nitrogens with one attached hydrogen (secondary N) is 1. The van der Waals surface area contributed by atoms with Crippen molar-refractivity contribution in [3.8, 4) is 0 Å². The van der Waals surface area contributed by atoms with Crippen LogP contribution in [-0.4, -0.2) is 10.9 Å². The molecule has 1 unspecified atom stereocenters. The molecule has 1 atom stereocenters. The molecule has 3 heteroatoms. The zero-order valence-corrected chi connectivity index (χ0v) is 6.87. The van der Waals surface area contributed by atoms with Gasteiger partial charge in [-0.25, -0.2) is 0 Å². The van der Waals surface area contributed by atoms with Crippen LogP contribution in [0.5, 0.6) is 0 Å². The van der Waals surface area contributed by atoms with E-state index in [1.807, 2.05) is 13.0 Å². The maximum Gasteiger partial charge on any atom is 0.232 e. The van der Waals surface area contributed by atoms with Gasteiger partial charge in [-0.15, -0.1) is 0 Å². The van der Waals surface area contributed by atoms with E-state index in [-0.39, 0.29) is 11.8 Å². The molecule has 0 bridgehead atoms. The molecule has 0 spiro atoms. The van der Waals surface area contributed by atoms with Crippen LogP contribution in [0.15, 0.2) is 18.5 Å². The normalized spacial score (nSPS) is 20.4. The fraction of sp³-hybridized carbons (Fsp3) is 0.333. The summed E-state index contributed by atoms with van der Waals surface area (Å²) >= 11 is 0. The van der Waals surface area contributed by atoms with Crippen LogP contribution >= 0.6 is 0 Å². The quantitative estimate of drug-likeness (QED) is 0.680. The molecule has 1 amide bonds. The number of hydrogen-bond donors (Lipinski definition) is 1. The topological polar surface area (TPSA) is 42.0 Å². The molecule has 2 heterocycles. The lowest BCUT2D eigenvalue weighted by Crippen LogP contribution is -2.10. The molecule has 62 valence electrons. The number of anilines is 1. The number of fused-ring (bicyclic) bond motifs is 1. The van der Waals surface area contributed by atoms with Crippen molar-refractivity contribution in [3.05, 3.63) is 24.0 Å². The van der Waals surface area contributed by atoms with Crippen LogP contribution < -0.4 is 5.32 Å². The number of hydrogen-bond acceptors (Lipinski definition) is 2. The molecular formula is C9H10N2O. The van der Waals surface area contributed by atoms with Crippen LogP contribution in [0.1, 0.15) is 24.8 Å². The lowest BCUT2D eigenvalue weighted by molar-refractivity contribution is -0.117. The maximum atomic E-state index is 11.3. The molecule has 0 saturated heterocycles. The largest absolute Gasteiger partial charge is 0.325 e. The van der Waals surface area contributed by atoms with Crippen LogP contribution in [0, 0.1) is 0 Å². The Balaban J connectivity index is 2.47. The summed E-state index contributed by atoms with van der Waals surface area (Å²) in [6.07, 6.45) is 4.29. The highest BCUT2D eigenvalue weighted by Gasteiger charge is 2.28. The Kier molecular flexibility index (Phi) is 1.57. The van der Waals surface area contributed by atoms with Gasteiger partial charge in [-0.05, 0) is 12.5 Å². The molecule has 2 rings (SSSR count). The van der Waals surface area contributed by atoms with Crippen molar-refractivity contribution in [2.45, 2.75) is 19.3 Å². The Labute approximate surface area is 70.8 Å². The third kappa shape index (κ3) is 0.897. The number of nitrogens with zero attached hydrogens (tertiary/aromatic N) is 1. The lowest BCUT2D eigenvalue weighted by atomic mass is 10.0. The van der Waals surface area contributed by atoms with E-state index in [1.54, 1.807) is 12.4 Å². The van der Waals surface area contributed by atoms with E-state index in [1.165, 1.54) is 0 Å². The van der Waals surface area contributed by atoms with Crippen LogP contribution in [-0.2, 0) is 4.79 Å². The summed E-state index contributed by atoms with van der Waals surface area (Å²) in [5, 5.41) is 2.82. The first kappa shape index (κ1) is 7.28. The van der Waals surface area contributed by atoms with E-state index in [9.17, 15) is 4.79 Å². The van der Waals surface area contributed by atoms with E-state index >= 15 is 0 Å². The van der Waals surface area contributed by atoms with Crippen LogP contribution in [0.25, 0.3) is 0 Å². The Bertz CT molecular complexity index is 322. The monoisotopic (exact) mass is 162 g/mol. The molecular weight excluding hydrogens is 152 g/mol. The zero-order chi connectivity index (χ0) is 8.55. The van der Waals surface area contributed by atoms with Gasteiger partial charge in [-0.3, -0.25) is 9.78 Å². The minimum absolute atomic E-state index is 0.00806. The molecule has 1 aromatic rings. The van der Waals surface area contributed by atoms with Crippen molar-refractivity contribution in [3.63, 3.8) is 0 Å². The van der Waals surface area contributed by atoms with Gasteiger partial charge in [0.25, 0.3) is 0 Å². The van der Waals surface area contributed by atoms with Gasteiger partial charge < -0.3 is 5.32 Å². The molecule has 1 N–H and O–H groups in total. The average molecular weight is 162 g/mol. The smallest absolute Gasteiger partial charge is 0.232 e. The third-order valence-corrected chi connectivity index (χ3v) is 2.21. The number of carbonyl (C=O) groups excluding carboxylic acids is 1. The first-order chi connectivity index (χ1) is 5.83. The fourth-order valence-corrected chi connectivity index (χ4v) is 1.56. The molecule has 1 aliphatic rings. The number of rotatable bonds is 1. The minimum Gasteiger partial charge on any atom is -0.325 e. The average Bonchev–Trinajstić information content (AvgIpc) is 2.40. The summed E-state index contributed by atoms with van der Waals surface area (Å²) in [6, 6.07) is 1.84. The molecule has 0 fully saturated rings. The summed E-state index contributed by atoms with van der Waals surface area (Å²) in [7, 11) is 0. The van der Waals surface area contributed by atoms with E-state index in [4.69, 9.17) is 0 Å². The Morgan fingerprint density at radius 1 is 1.67 bits per heavy atom. The molecule has 0 aromatic carbocycles. The first-order valence-corrected chi connectivity index (χ1v) is 4.07. The highest BCUT2D eigenvalue weighted by atomic mass is 16.2. The molecule has 12 heavy (non-hydrogen) atoms. The highest BCUT2D eigenvalue weighted by Crippen LogP contribution is 2.32. The van der Waals surface area contributed by atoms with Gasteiger partial charge in [0.2, 0.25) is 5.91 Å². The SMILES string of the molecule is CCC1C(=O)Nc2ccncc21. The van der Waals surface area contributed by atoms with Crippen LogP contribution in [0.2, 0.25) is 0 Å². The summed E-state index contributed by atoms with van der Waals surface area (Å²) < 4.78 is 0. The third-order valence-electron chi connectivity index (χ3n) is 2.21. The molecule has 1 aromatic heterocycles.